The molecule has 40 heavy (non-hydrogen) atoms. The fourth-order valence-electron chi connectivity index (χ4n) is 4.06. The van der Waals surface area contributed by atoms with E-state index < -0.39 is 29.6 Å². The van der Waals surface area contributed by atoms with E-state index in [1.807, 2.05) is 86.0 Å². The first-order valence-corrected chi connectivity index (χ1v) is 14.5. The Bertz CT molecular complexity index is 1220. The Morgan fingerprint density at radius 3 is 2.15 bits per heavy atom. The molecule has 0 aliphatic heterocycles. The first kappa shape index (κ1) is 30.9. The third-order valence-corrected chi connectivity index (χ3v) is 6.77. The standard InChI is InChI=1S/C32H40N2O5S/c1-22(2)18-27(33-29(35)20-26-12-9-17-40-26)30(36)34-28(31(37)39-32(3,4)5)19-23-13-15-25(16-14-23)38-21-24-10-7-6-8-11-24/h6-17,22,27-28H,18-21H2,1-5H3,(H,33,35)(H,34,36)/t27-,28-/m0/s1. The smallest absolute Gasteiger partial charge is 0.329 e. The molecule has 2 atom stereocenters. The molecule has 0 spiro atoms. The van der Waals surface area contributed by atoms with Crippen LogP contribution in [0.2, 0.25) is 0 Å². The SMILES string of the molecule is CC(C)C[C@H](NC(=O)Cc1cccs1)C(=O)N[C@@H](Cc1ccc(OCc2ccccc2)cc1)C(=O)OC(C)(C)C. The average molecular weight is 565 g/mol. The lowest BCUT2D eigenvalue weighted by atomic mass is 10.0. The summed E-state index contributed by atoms with van der Waals surface area (Å²) in [6, 6.07) is 19.4. The van der Waals surface area contributed by atoms with Gasteiger partial charge in [-0.15, -0.1) is 11.3 Å². The van der Waals surface area contributed by atoms with Crippen LogP contribution >= 0.6 is 11.3 Å². The zero-order valence-corrected chi connectivity index (χ0v) is 24.8. The van der Waals surface area contributed by atoms with Crippen LogP contribution in [0.15, 0.2) is 72.1 Å². The van der Waals surface area contributed by atoms with Crippen molar-refractivity contribution < 1.29 is 23.9 Å². The van der Waals surface area contributed by atoms with Crippen LogP contribution in [0.3, 0.4) is 0 Å². The number of carbonyl (C=O) groups excluding carboxylic acids is 3. The van der Waals surface area contributed by atoms with E-state index in [0.29, 0.717) is 18.8 Å². The molecule has 7 nitrogen and oxygen atoms in total. The van der Waals surface area contributed by atoms with Gasteiger partial charge in [0.1, 0.15) is 30.0 Å². The fraction of sp³-hybridized carbons (Fsp3) is 0.406. The maximum Gasteiger partial charge on any atom is 0.329 e. The van der Waals surface area contributed by atoms with E-state index in [9.17, 15) is 14.4 Å². The Hall–Kier alpha value is -3.65. The van der Waals surface area contributed by atoms with Crippen LogP contribution in [0, 0.1) is 5.92 Å². The second-order valence-electron chi connectivity index (χ2n) is 11.2. The van der Waals surface area contributed by atoms with Gasteiger partial charge in [-0.2, -0.15) is 0 Å². The van der Waals surface area contributed by atoms with Gasteiger partial charge in [-0.1, -0.05) is 62.4 Å². The summed E-state index contributed by atoms with van der Waals surface area (Å²) < 4.78 is 11.5. The third-order valence-electron chi connectivity index (χ3n) is 5.89. The molecule has 0 bridgehead atoms. The lowest BCUT2D eigenvalue weighted by Gasteiger charge is -2.27. The molecule has 3 rings (SSSR count). The summed E-state index contributed by atoms with van der Waals surface area (Å²) in [5.74, 6) is -0.314. The molecule has 2 N–H and O–H groups in total. The van der Waals surface area contributed by atoms with Crippen LogP contribution in [0.25, 0.3) is 0 Å². The Morgan fingerprint density at radius 1 is 0.850 bits per heavy atom. The molecule has 3 aromatic rings. The maximum atomic E-state index is 13.4. The molecular formula is C32H40N2O5S. The monoisotopic (exact) mass is 564 g/mol. The summed E-state index contributed by atoms with van der Waals surface area (Å²) in [5, 5.41) is 7.64. The number of thiophene rings is 1. The highest BCUT2D eigenvalue weighted by Gasteiger charge is 2.30. The fourth-order valence-corrected chi connectivity index (χ4v) is 4.76. The van der Waals surface area contributed by atoms with Crippen LogP contribution in [-0.4, -0.2) is 35.5 Å². The van der Waals surface area contributed by atoms with E-state index >= 15 is 0 Å². The second kappa shape index (κ2) is 14.7. The molecule has 0 aliphatic rings. The number of hydrogen-bond acceptors (Lipinski definition) is 6. The first-order valence-electron chi connectivity index (χ1n) is 13.6. The highest BCUT2D eigenvalue weighted by Crippen LogP contribution is 2.18. The lowest BCUT2D eigenvalue weighted by molar-refractivity contribution is -0.158. The second-order valence-corrected chi connectivity index (χ2v) is 12.3. The van der Waals surface area contributed by atoms with Crippen molar-refractivity contribution in [3.63, 3.8) is 0 Å². The maximum absolute atomic E-state index is 13.4. The van der Waals surface area contributed by atoms with Crippen LogP contribution in [-0.2, 0) is 38.6 Å². The van der Waals surface area contributed by atoms with Gasteiger partial charge in [0, 0.05) is 11.3 Å². The summed E-state index contributed by atoms with van der Waals surface area (Å²) in [6.45, 7) is 9.78. The number of ether oxygens (including phenoxy) is 2. The number of rotatable bonds is 13. The Labute approximate surface area is 241 Å². The predicted octanol–water partition coefficient (Wildman–Crippen LogP) is 5.47. The summed E-state index contributed by atoms with van der Waals surface area (Å²) in [7, 11) is 0. The zero-order valence-electron chi connectivity index (χ0n) is 23.9. The number of carbonyl (C=O) groups is 3. The van der Waals surface area contributed by atoms with E-state index in [1.54, 1.807) is 20.8 Å². The molecule has 2 amide bonds. The van der Waals surface area contributed by atoms with Crippen molar-refractivity contribution in [1.82, 2.24) is 10.6 Å². The van der Waals surface area contributed by atoms with Crippen molar-refractivity contribution in [3.8, 4) is 5.75 Å². The van der Waals surface area contributed by atoms with Gasteiger partial charge in [-0.25, -0.2) is 4.79 Å². The van der Waals surface area contributed by atoms with Crippen molar-refractivity contribution in [1.29, 1.82) is 0 Å². The number of benzene rings is 2. The summed E-state index contributed by atoms with van der Waals surface area (Å²) >= 11 is 1.49. The van der Waals surface area contributed by atoms with Gasteiger partial charge in [0.05, 0.1) is 6.42 Å². The number of amides is 2. The number of esters is 1. The van der Waals surface area contributed by atoms with Crippen LogP contribution in [0.1, 0.15) is 57.0 Å². The van der Waals surface area contributed by atoms with Gasteiger partial charge in [-0.05, 0) is 67.8 Å². The minimum Gasteiger partial charge on any atom is -0.489 e. The molecule has 8 heteroatoms. The van der Waals surface area contributed by atoms with Gasteiger partial charge in [0.25, 0.3) is 0 Å². The summed E-state index contributed by atoms with van der Waals surface area (Å²) in [5.41, 5.74) is 1.18. The molecular weight excluding hydrogens is 524 g/mol. The zero-order chi connectivity index (χ0) is 29.1. The van der Waals surface area contributed by atoms with Gasteiger partial charge >= 0.3 is 5.97 Å². The van der Waals surface area contributed by atoms with Gasteiger partial charge in [0.2, 0.25) is 11.8 Å². The number of hydrogen-bond donors (Lipinski definition) is 2. The van der Waals surface area contributed by atoms with Crippen LogP contribution in [0.4, 0.5) is 0 Å². The molecule has 2 aromatic carbocycles. The molecule has 214 valence electrons. The molecule has 0 fully saturated rings. The third kappa shape index (κ3) is 10.8. The Morgan fingerprint density at radius 2 is 1.55 bits per heavy atom. The Kier molecular flexibility index (Phi) is 11.3. The average Bonchev–Trinajstić information content (AvgIpc) is 3.39. The van der Waals surface area contributed by atoms with E-state index in [-0.39, 0.29) is 24.7 Å². The lowest BCUT2D eigenvalue weighted by Crippen LogP contribution is -2.53. The molecule has 0 saturated heterocycles. The number of nitrogens with one attached hydrogen (secondary N) is 2. The van der Waals surface area contributed by atoms with Gasteiger partial charge in [-0.3, -0.25) is 9.59 Å². The van der Waals surface area contributed by atoms with Crippen LogP contribution < -0.4 is 15.4 Å². The van der Waals surface area contributed by atoms with Gasteiger partial charge in [0.15, 0.2) is 0 Å². The first-order chi connectivity index (χ1) is 19.0. The largest absolute Gasteiger partial charge is 0.489 e. The van der Waals surface area contributed by atoms with Crippen LogP contribution in [0.5, 0.6) is 5.75 Å². The van der Waals surface area contributed by atoms with E-state index in [4.69, 9.17) is 9.47 Å². The van der Waals surface area contributed by atoms with Crippen molar-refractivity contribution in [2.45, 2.75) is 78.2 Å². The minimum absolute atomic E-state index is 0.154. The molecule has 0 radical (unpaired) electrons. The molecule has 0 aliphatic carbocycles. The van der Waals surface area contributed by atoms with Crippen molar-refractivity contribution in [2.75, 3.05) is 0 Å². The molecule has 1 aromatic heterocycles. The topological polar surface area (TPSA) is 93.7 Å². The van der Waals surface area contributed by atoms with Crippen molar-refractivity contribution in [2.24, 2.45) is 5.92 Å². The van der Waals surface area contributed by atoms with E-state index in [1.165, 1.54) is 11.3 Å². The molecule has 0 saturated carbocycles. The normalized spacial score (nSPS) is 12.8. The Balaban J connectivity index is 1.69. The molecule has 0 unspecified atom stereocenters. The summed E-state index contributed by atoms with van der Waals surface area (Å²) in [4.78, 5) is 40.2. The predicted molar refractivity (Wildman–Crippen MR) is 158 cm³/mol. The van der Waals surface area contributed by atoms with Crippen molar-refractivity contribution >= 4 is 29.1 Å². The highest BCUT2D eigenvalue weighted by atomic mass is 32.1. The quantitative estimate of drug-likeness (QED) is 0.269. The van der Waals surface area contributed by atoms with Crippen molar-refractivity contribution in [3.05, 3.63) is 88.1 Å². The highest BCUT2D eigenvalue weighted by molar-refractivity contribution is 7.10. The van der Waals surface area contributed by atoms with Gasteiger partial charge < -0.3 is 20.1 Å². The summed E-state index contributed by atoms with van der Waals surface area (Å²) in [6.07, 6.45) is 0.876. The minimum atomic E-state index is -0.924. The van der Waals surface area contributed by atoms with E-state index in [0.717, 1.165) is 16.0 Å². The van der Waals surface area contributed by atoms with E-state index in [2.05, 4.69) is 10.6 Å². The molecule has 1 heterocycles.